The molecule has 2 aliphatic heterocycles. The molecule has 5 N–H and O–H groups in total. The fraction of sp³-hybridized carbons (Fsp3) is 0.593. The highest BCUT2D eigenvalue weighted by molar-refractivity contribution is 6.32. The van der Waals surface area contributed by atoms with Crippen molar-refractivity contribution in [1.82, 2.24) is 25.1 Å². The fourth-order valence-corrected chi connectivity index (χ4v) is 6.21. The van der Waals surface area contributed by atoms with Crippen LogP contribution in [0.4, 0.5) is 11.6 Å². The lowest BCUT2D eigenvalue weighted by atomic mass is 9.94. The zero-order valence-electron chi connectivity index (χ0n) is 22.4. The van der Waals surface area contributed by atoms with Gasteiger partial charge in [0.25, 0.3) is 5.91 Å². The van der Waals surface area contributed by atoms with E-state index in [9.17, 15) is 9.90 Å². The molecule has 0 radical (unpaired) electrons. The Kier molecular flexibility index (Phi) is 10.6. The van der Waals surface area contributed by atoms with Gasteiger partial charge in [-0.05, 0) is 43.4 Å². The molecular formula is C27H39Cl2N7O3. The van der Waals surface area contributed by atoms with Gasteiger partial charge in [-0.2, -0.15) is 0 Å². The van der Waals surface area contributed by atoms with Crippen molar-refractivity contribution in [1.29, 1.82) is 0 Å². The number of anilines is 2. The molecule has 1 aromatic carbocycles. The summed E-state index contributed by atoms with van der Waals surface area (Å²) in [4.78, 5) is 28.2. The minimum atomic E-state index is -0.512. The molecular weight excluding hydrogens is 541 g/mol. The SMILES string of the molecule is CC[C@H]1CN(c2nc(N)c(C(=O)NCCO)nc2Cl)CCN1C1CCN(C(CCO)c2ccc(Cl)cc2)CC1. The third-order valence-electron chi connectivity index (χ3n) is 7.84. The van der Waals surface area contributed by atoms with Gasteiger partial charge in [-0.15, -0.1) is 0 Å². The number of aliphatic hydroxyl groups is 2. The van der Waals surface area contributed by atoms with Crippen molar-refractivity contribution in [3.8, 4) is 0 Å². The summed E-state index contributed by atoms with van der Waals surface area (Å²) in [5, 5.41) is 22.1. The van der Waals surface area contributed by atoms with Gasteiger partial charge in [-0.1, -0.05) is 42.3 Å². The molecule has 214 valence electrons. The zero-order valence-corrected chi connectivity index (χ0v) is 23.9. The van der Waals surface area contributed by atoms with E-state index >= 15 is 0 Å². The summed E-state index contributed by atoms with van der Waals surface area (Å²) in [6.07, 6.45) is 3.82. The van der Waals surface area contributed by atoms with Crippen molar-refractivity contribution < 1.29 is 15.0 Å². The summed E-state index contributed by atoms with van der Waals surface area (Å²) in [6, 6.07) is 8.97. The van der Waals surface area contributed by atoms with E-state index in [2.05, 4.69) is 49.0 Å². The summed E-state index contributed by atoms with van der Waals surface area (Å²) in [6.45, 7) is 6.57. The monoisotopic (exact) mass is 579 g/mol. The van der Waals surface area contributed by atoms with Crippen LogP contribution in [-0.2, 0) is 0 Å². The van der Waals surface area contributed by atoms with E-state index in [1.54, 1.807) is 0 Å². The summed E-state index contributed by atoms with van der Waals surface area (Å²) < 4.78 is 0. The zero-order chi connectivity index (χ0) is 27.9. The van der Waals surface area contributed by atoms with Gasteiger partial charge in [0.05, 0.1) is 6.61 Å². The molecule has 10 nitrogen and oxygen atoms in total. The number of nitrogens with zero attached hydrogens (tertiary/aromatic N) is 5. The number of piperidine rings is 1. The molecule has 4 rings (SSSR count). The van der Waals surface area contributed by atoms with Crippen LogP contribution in [0.3, 0.4) is 0 Å². The third-order valence-corrected chi connectivity index (χ3v) is 8.35. The Morgan fingerprint density at radius 2 is 1.82 bits per heavy atom. The van der Waals surface area contributed by atoms with E-state index in [0.717, 1.165) is 57.0 Å². The number of hydrogen-bond donors (Lipinski definition) is 4. The van der Waals surface area contributed by atoms with E-state index in [-0.39, 0.29) is 42.5 Å². The summed E-state index contributed by atoms with van der Waals surface area (Å²) in [5.74, 6) is 0.00352. The number of halogens is 2. The van der Waals surface area contributed by atoms with E-state index in [4.69, 9.17) is 34.0 Å². The molecule has 2 aliphatic rings. The standard InChI is InChI=1S/C27H39Cl2N7O3/c1-2-20-17-35(26-24(29)32-23(25(30)33-26)27(39)31-10-16-38)13-14-36(20)21-7-11-34(12-8-21)22(9-15-37)18-3-5-19(28)6-4-18/h3-6,20-22,37-38H,2,7-17H2,1H3,(H2,30,33)(H,31,39)/t20-,22?/m0/s1. The van der Waals surface area contributed by atoms with Crippen LogP contribution in [0.2, 0.25) is 10.2 Å². The van der Waals surface area contributed by atoms with Crippen LogP contribution in [-0.4, -0.2) is 100 Å². The molecule has 0 aliphatic carbocycles. The summed E-state index contributed by atoms with van der Waals surface area (Å²) in [5.41, 5.74) is 7.23. The molecule has 1 amide bonds. The Morgan fingerprint density at radius 1 is 1.10 bits per heavy atom. The maximum absolute atomic E-state index is 12.3. The maximum atomic E-state index is 12.3. The lowest BCUT2D eigenvalue weighted by Crippen LogP contribution is -2.58. The Morgan fingerprint density at radius 3 is 2.46 bits per heavy atom. The van der Waals surface area contributed by atoms with Gasteiger partial charge in [-0.25, -0.2) is 9.97 Å². The number of nitrogens with two attached hydrogens (primary N) is 1. The van der Waals surface area contributed by atoms with Crippen LogP contribution in [0.5, 0.6) is 0 Å². The van der Waals surface area contributed by atoms with Crippen LogP contribution >= 0.6 is 23.2 Å². The highest BCUT2D eigenvalue weighted by Gasteiger charge is 2.35. The number of benzene rings is 1. The van der Waals surface area contributed by atoms with Crippen LogP contribution < -0.4 is 16.0 Å². The predicted molar refractivity (Wildman–Crippen MR) is 154 cm³/mol. The quantitative estimate of drug-likeness (QED) is 0.335. The highest BCUT2D eigenvalue weighted by Crippen LogP contribution is 2.33. The molecule has 0 saturated carbocycles. The molecule has 0 spiro atoms. The maximum Gasteiger partial charge on any atom is 0.273 e. The number of carbonyl (C=O) groups is 1. The van der Waals surface area contributed by atoms with Gasteiger partial charge in [-0.3, -0.25) is 14.6 Å². The lowest BCUT2D eigenvalue weighted by molar-refractivity contribution is 0.0437. The number of amides is 1. The van der Waals surface area contributed by atoms with E-state index in [1.807, 2.05) is 12.1 Å². The molecule has 39 heavy (non-hydrogen) atoms. The number of aliphatic hydroxyl groups excluding tert-OH is 2. The van der Waals surface area contributed by atoms with Crippen molar-refractivity contribution in [2.45, 2.75) is 50.7 Å². The van der Waals surface area contributed by atoms with Gasteiger partial charge >= 0.3 is 0 Å². The van der Waals surface area contributed by atoms with Gasteiger partial charge in [0.1, 0.15) is 0 Å². The lowest BCUT2D eigenvalue weighted by Gasteiger charge is -2.48. The second-order valence-electron chi connectivity index (χ2n) is 10.1. The van der Waals surface area contributed by atoms with Gasteiger partial charge in [0, 0.05) is 69.0 Å². The second kappa shape index (κ2) is 13.9. The number of likely N-dealkylation sites (tertiary alicyclic amines) is 1. The van der Waals surface area contributed by atoms with Crippen LogP contribution in [0.1, 0.15) is 54.7 Å². The van der Waals surface area contributed by atoms with Crippen molar-refractivity contribution in [3.63, 3.8) is 0 Å². The molecule has 2 saturated heterocycles. The molecule has 1 aromatic heterocycles. The number of carbonyl (C=O) groups excluding carboxylic acids is 1. The number of hydrogen-bond acceptors (Lipinski definition) is 9. The smallest absolute Gasteiger partial charge is 0.273 e. The first kappa shape index (κ1) is 29.8. The average Bonchev–Trinajstić information content (AvgIpc) is 2.96. The first-order valence-corrected chi connectivity index (χ1v) is 14.4. The molecule has 2 aromatic rings. The normalized spacial score (nSPS) is 20.2. The van der Waals surface area contributed by atoms with Crippen molar-refractivity contribution >= 4 is 40.7 Å². The summed E-state index contributed by atoms with van der Waals surface area (Å²) in [7, 11) is 0. The molecule has 1 unspecified atom stereocenters. The predicted octanol–water partition coefficient (Wildman–Crippen LogP) is 2.58. The first-order chi connectivity index (χ1) is 18.9. The van der Waals surface area contributed by atoms with Crippen molar-refractivity contribution in [2.24, 2.45) is 0 Å². The van der Waals surface area contributed by atoms with Crippen LogP contribution in [0, 0.1) is 0 Å². The number of piperazine rings is 1. The molecule has 0 bridgehead atoms. The largest absolute Gasteiger partial charge is 0.396 e. The van der Waals surface area contributed by atoms with E-state index in [0.29, 0.717) is 24.3 Å². The fourth-order valence-electron chi connectivity index (χ4n) is 5.84. The number of aromatic nitrogens is 2. The second-order valence-corrected chi connectivity index (χ2v) is 10.9. The van der Waals surface area contributed by atoms with Gasteiger partial charge < -0.3 is 26.2 Å². The number of rotatable bonds is 10. The molecule has 2 fully saturated rings. The first-order valence-electron chi connectivity index (χ1n) is 13.7. The Bertz CT molecular complexity index is 1100. The van der Waals surface area contributed by atoms with E-state index < -0.39 is 5.91 Å². The minimum absolute atomic E-state index is 0.0193. The summed E-state index contributed by atoms with van der Waals surface area (Å²) >= 11 is 12.6. The average molecular weight is 581 g/mol. The minimum Gasteiger partial charge on any atom is -0.396 e. The van der Waals surface area contributed by atoms with Gasteiger partial charge in [0.2, 0.25) is 0 Å². The topological polar surface area (TPSA) is 131 Å². The molecule has 12 heteroatoms. The third kappa shape index (κ3) is 7.11. The van der Waals surface area contributed by atoms with Crippen molar-refractivity contribution in [2.75, 3.05) is 63.1 Å². The van der Waals surface area contributed by atoms with E-state index in [1.165, 1.54) is 5.56 Å². The van der Waals surface area contributed by atoms with Crippen LogP contribution in [0.15, 0.2) is 24.3 Å². The van der Waals surface area contributed by atoms with Crippen molar-refractivity contribution in [3.05, 3.63) is 45.7 Å². The highest BCUT2D eigenvalue weighted by atomic mass is 35.5. The Labute approximate surface area is 240 Å². The number of nitrogen functional groups attached to an aromatic ring is 1. The molecule has 2 atom stereocenters. The number of nitrogens with one attached hydrogen (secondary N) is 1. The Balaban J connectivity index is 1.39. The Hall–Kier alpha value is -2.21. The molecule has 3 heterocycles. The van der Waals surface area contributed by atoms with Gasteiger partial charge in [0.15, 0.2) is 22.5 Å². The van der Waals surface area contributed by atoms with Crippen LogP contribution in [0.25, 0.3) is 0 Å².